The quantitative estimate of drug-likeness (QED) is 0.859. The topological polar surface area (TPSA) is 58.6 Å². The normalized spacial score (nSPS) is 11.5. The zero-order valence-electron chi connectivity index (χ0n) is 14.5. The Morgan fingerprint density at radius 1 is 1.16 bits per heavy atom. The maximum absolute atomic E-state index is 12.4. The lowest BCUT2D eigenvalue weighted by Gasteiger charge is -2.26. The van der Waals surface area contributed by atoms with Crippen LogP contribution in [0.3, 0.4) is 0 Å². The molecule has 2 aromatic carbocycles. The Hall–Kier alpha value is -2.53. The number of hydrogen-bond acceptors (Lipinski definition) is 3. The highest BCUT2D eigenvalue weighted by Crippen LogP contribution is 2.28. The molecule has 132 valence electrons. The highest BCUT2D eigenvalue weighted by molar-refractivity contribution is 6.33. The molecule has 5 nitrogen and oxygen atoms in total. The van der Waals surface area contributed by atoms with Crippen molar-refractivity contribution in [2.24, 2.45) is 0 Å². The van der Waals surface area contributed by atoms with Gasteiger partial charge >= 0.3 is 0 Å². The molecule has 2 rings (SSSR count). The highest BCUT2D eigenvalue weighted by Gasteiger charge is 2.21. The van der Waals surface area contributed by atoms with Gasteiger partial charge in [-0.25, -0.2) is 0 Å². The van der Waals surface area contributed by atoms with Crippen molar-refractivity contribution in [1.82, 2.24) is 10.2 Å². The molecule has 0 radical (unpaired) electrons. The molecule has 0 aromatic heterocycles. The summed E-state index contributed by atoms with van der Waals surface area (Å²) in [6, 6.07) is 14.1. The molecule has 0 aliphatic rings. The van der Waals surface area contributed by atoms with E-state index in [1.165, 1.54) is 0 Å². The Kier molecular flexibility index (Phi) is 6.42. The molecular weight excluding hydrogens is 340 g/mol. The Balaban J connectivity index is 2.00. The van der Waals surface area contributed by atoms with Crippen molar-refractivity contribution in [3.05, 3.63) is 64.7 Å². The van der Waals surface area contributed by atoms with E-state index in [1.807, 2.05) is 31.2 Å². The molecule has 0 heterocycles. The van der Waals surface area contributed by atoms with Gasteiger partial charge in [0.05, 0.1) is 30.3 Å². The first-order chi connectivity index (χ1) is 12.0. The highest BCUT2D eigenvalue weighted by atomic mass is 35.5. The summed E-state index contributed by atoms with van der Waals surface area (Å²) in [4.78, 5) is 26.1. The largest absolute Gasteiger partial charge is 0.496 e. The van der Waals surface area contributed by atoms with E-state index in [1.54, 1.807) is 43.3 Å². The Labute approximate surface area is 152 Å². The standard InChI is InChI=1S/C19H21ClN2O3/c1-13(14-8-5-7-11-17(14)25-3)22(2)18(23)12-21-19(24)15-9-4-6-10-16(15)20/h4-11,13H,12H2,1-3H3,(H,21,24). The van der Waals surface area contributed by atoms with E-state index in [0.29, 0.717) is 10.6 Å². The number of para-hydroxylation sites is 1. The number of hydrogen-bond donors (Lipinski definition) is 1. The van der Waals surface area contributed by atoms with Crippen LogP contribution >= 0.6 is 11.6 Å². The van der Waals surface area contributed by atoms with Gasteiger partial charge in [0.1, 0.15) is 5.75 Å². The van der Waals surface area contributed by atoms with E-state index < -0.39 is 0 Å². The SMILES string of the molecule is COc1ccccc1C(C)N(C)C(=O)CNC(=O)c1ccccc1Cl. The fourth-order valence-electron chi connectivity index (χ4n) is 2.46. The van der Waals surface area contributed by atoms with Crippen LogP contribution in [0, 0.1) is 0 Å². The van der Waals surface area contributed by atoms with Crippen molar-refractivity contribution in [3.8, 4) is 5.75 Å². The summed E-state index contributed by atoms with van der Waals surface area (Å²) in [5.74, 6) is 0.130. The first-order valence-electron chi connectivity index (χ1n) is 7.87. The number of amides is 2. The van der Waals surface area contributed by atoms with Crippen LogP contribution in [0.15, 0.2) is 48.5 Å². The second kappa shape index (κ2) is 8.53. The van der Waals surface area contributed by atoms with E-state index in [9.17, 15) is 9.59 Å². The summed E-state index contributed by atoms with van der Waals surface area (Å²) in [6.45, 7) is 1.80. The van der Waals surface area contributed by atoms with Crippen molar-refractivity contribution in [3.63, 3.8) is 0 Å². The third kappa shape index (κ3) is 4.51. The predicted molar refractivity (Wildman–Crippen MR) is 98.0 cm³/mol. The van der Waals surface area contributed by atoms with E-state index in [-0.39, 0.29) is 24.4 Å². The van der Waals surface area contributed by atoms with Gasteiger partial charge in [-0.1, -0.05) is 41.9 Å². The van der Waals surface area contributed by atoms with E-state index in [0.717, 1.165) is 11.3 Å². The summed E-state index contributed by atoms with van der Waals surface area (Å²) in [5, 5.41) is 2.96. The molecule has 0 fully saturated rings. The lowest BCUT2D eigenvalue weighted by atomic mass is 10.1. The van der Waals surface area contributed by atoms with Gasteiger partial charge < -0.3 is 15.0 Å². The maximum atomic E-state index is 12.4. The van der Waals surface area contributed by atoms with Gasteiger partial charge in [-0.3, -0.25) is 9.59 Å². The number of carbonyl (C=O) groups excluding carboxylic acids is 2. The van der Waals surface area contributed by atoms with Gasteiger partial charge in [0, 0.05) is 12.6 Å². The number of rotatable bonds is 6. The summed E-state index contributed by atoms with van der Waals surface area (Å²) in [5.41, 5.74) is 1.25. The molecule has 0 saturated heterocycles. The Morgan fingerprint density at radius 2 is 1.80 bits per heavy atom. The summed E-state index contributed by atoms with van der Waals surface area (Å²) in [7, 11) is 3.29. The van der Waals surface area contributed by atoms with E-state index in [2.05, 4.69) is 5.32 Å². The van der Waals surface area contributed by atoms with Gasteiger partial charge in [0.25, 0.3) is 5.91 Å². The van der Waals surface area contributed by atoms with Crippen LogP contribution in [-0.2, 0) is 4.79 Å². The van der Waals surface area contributed by atoms with Gasteiger partial charge in [-0.15, -0.1) is 0 Å². The third-order valence-corrected chi connectivity index (χ3v) is 4.41. The number of methoxy groups -OCH3 is 1. The minimum Gasteiger partial charge on any atom is -0.496 e. The lowest BCUT2D eigenvalue weighted by Crippen LogP contribution is -2.39. The fourth-order valence-corrected chi connectivity index (χ4v) is 2.68. The number of ether oxygens (including phenoxy) is 1. The summed E-state index contributed by atoms with van der Waals surface area (Å²) >= 11 is 5.99. The number of likely N-dealkylation sites (N-methyl/N-ethyl adjacent to an activating group) is 1. The third-order valence-electron chi connectivity index (χ3n) is 4.08. The Morgan fingerprint density at radius 3 is 2.48 bits per heavy atom. The van der Waals surface area contributed by atoms with Crippen LogP contribution in [0.2, 0.25) is 5.02 Å². The van der Waals surface area contributed by atoms with Crippen LogP contribution in [0.4, 0.5) is 0 Å². The second-order valence-electron chi connectivity index (χ2n) is 5.59. The molecule has 25 heavy (non-hydrogen) atoms. The first kappa shape index (κ1) is 18.8. The lowest BCUT2D eigenvalue weighted by molar-refractivity contribution is -0.130. The minimum absolute atomic E-state index is 0.111. The summed E-state index contributed by atoms with van der Waals surface area (Å²) in [6.07, 6.45) is 0. The summed E-state index contributed by atoms with van der Waals surface area (Å²) < 4.78 is 5.34. The zero-order valence-corrected chi connectivity index (χ0v) is 15.2. The van der Waals surface area contributed by atoms with Gasteiger partial charge in [0.2, 0.25) is 5.91 Å². The molecule has 6 heteroatoms. The van der Waals surface area contributed by atoms with Gasteiger partial charge in [0.15, 0.2) is 0 Å². The average molecular weight is 361 g/mol. The smallest absolute Gasteiger partial charge is 0.253 e. The molecule has 2 aromatic rings. The minimum atomic E-state index is -0.378. The molecule has 1 unspecified atom stereocenters. The van der Waals surface area contributed by atoms with Crippen LogP contribution in [-0.4, -0.2) is 37.4 Å². The molecule has 0 spiro atoms. The number of benzene rings is 2. The molecule has 2 amide bonds. The maximum Gasteiger partial charge on any atom is 0.253 e. The van der Waals surface area contributed by atoms with Crippen molar-refractivity contribution < 1.29 is 14.3 Å². The van der Waals surface area contributed by atoms with E-state index >= 15 is 0 Å². The second-order valence-corrected chi connectivity index (χ2v) is 5.99. The number of carbonyl (C=O) groups is 2. The molecule has 0 saturated carbocycles. The molecule has 0 aliphatic heterocycles. The van der Waals surface area contributed by atoms with Crippen LogP contribution in [0.5, 0.6) is 5.75 Å². The predicted octanol–water partition coefficient (Wildman–Crippen LogP) is 3.30. The van der Waals surface area contributed by atoms with Gasteiger partial charge in [-0.05, 0) is 25.1 Å². The molecular formula is C19H21ClN2O3. The first-order valence-corrected chi connectivity index (χ1v) is 8.24. The monoisotopic (exact) mass is 360 g/mol. The number of nitrogens with one attached hydrogen (secondary N) is 1. The van der Waals surface area contributed by atoms with Gasteiger partial charge in [-0.2, -0.15) is 0 Å². The van der Waals surface area contributed by atoms with Crippen molar-refractivity contribution >= 4 is 23.4 Å². The Bertz CT molecular complexity index is 764. The molecule has 0 aliphatic carbocycles. The number of halogens is 1. The van der Waals surface area contributed by atoms with Crippen molar-refractivity contribution in [2.45, 2.75) is 13.0 Å². The van der Waals surface area contributed by atoms with Crippen molar-refractivity contribution in [1.29, 1.82) is 0 Å². The van der Waals surface area contributed by atoms with Crippen LogP contribution in [0.1, 0.15) is 28.9 Å². The zero-order chi connectivity index (χ0) is 18.4. The molecule has 0 bridgehead atoms. The fraction of sp³-hybridized carbons (Fsp3) is 0.263. The average Bonchev–Trinajstić information content (AvgIpc) is 2.64. The van der Waals surface area contributed by atoms with Crippen LogP contribution in [0.25, 0.3) is 0 Å². The van der Waals surface area contributed by atoms with Crippen LogP contribution < -0.4 is 10.1 Å². The van der Waals surface area contributed by atoms with E-state index in [4.69, 9.17) is 16.3 Å². The molecule has 1 atom stereocenters. The van der Waals surface area contributed by atoms with Crippen molar-refractivity contribution in [2.75, 3.05) is 20.7 Å². The molecule has 1 N–H and O–H groups in total. The number of nitrogens with zero attached hydrogens (tertiary/aromatic N) is 1.